The molecule has 0 saturated carbocycles. The summed E-state index contributed by atoms with van der Waals surface area (Å²) in [5.74, 6) is -2.13. The summed E-state index contributed by atoms with van der Waals surface area (Å²) in [4.78, 5) is 20.7. The van der Waals surface area contributed by atoms with E-state index in [0.29, 0.717) is 0 Å². The molecule has 0 atom stereocenters. The molecule has 0 bridgehead atoms. The number of aryl methyl sites for hydroxylation is 1. The number of carboxylic acids is 2. The average molecular weight is 588 g/mol. The largest absolute Gasteiger partial charge is 0.478 e. The number of carbonyl (C=O) groups is 2. The lowest BCUT2D eigenvalue weighted by Crippen LogP contribution is -1.99. The first kappa shape index (κ1) is 21.3. The molecule has 0 radical (unpaired) electrons. The van der Waals surface area contributed by atoms with Crippen LogP contribution in [0, 0.1) is 6.92 Å². The Morgan fingerprint density at radius 1 is 0.875 bits per heavy atom. The number of benzene rings is 2. The maximum atomic E-state index is 10.3. The van der Waals surface area contributed by atoms with Gasteiger partial charge in [-0.05, 0) is 42.8 Å². The quantitative estimate of drug-likeness (QED) is 0.414. The van der Waals surface area contributed by atoms with Crippen LogP contribution in [-0.2, 0) is 2.14 Å². The maximum Gasteiger partial charge on any atom is 0.335 e. The van der Waals surface area contributed by atoms with Crippen LogP contribution in [0.5, 0.6) is 0 Å². The predicted molar refractivity (Wildman–Crippen MR) is 108 cm³/mol. The zero-order valence-corrected chi connectivity index (χ0v) is 18.6. The molecule has 8 heteroatoms. The van der Waals surface area contributed by atoms with Crippen molar-refractivity contribution < 1.29 is 19.8 Å². The van der Waals surface area contributed by atoms with Crippen molar-refractivity contribution in [2.75, 3.05) is 0 Å². The third-order valence-electron chi connectivity index (χ3n) is 2.81. The number of hydrogen-bond acceptors (Lipinski definition) is 2. The lowest BCUT2D eigenvalue weighted by Gasteiger charge is -2.14. The number of hydrogen-bond donors (Lipinski definition) is 2. The van der Waals surface area contributed by atoms with E-state index >= 15 is 0 Å². The van der Waals surface area contributed by atoms with Crippen LogP contribution in [0.15, 0.2) is 46.9 Å². The molecular formula is C16H12Br4O4. The van der Waals surface area contributed by atoms with Gasteiger partial charge >= 0.3 is 11.9 Å². The number of aromatic carboxylic acids is 2. The Bertz CT molecular complexity index is 704. The van der Waals surface area contributed by atoms with Gasteiger partial charge < -0.3 is 10.2 Å². The third-order valence-corrected chi connectivity index (χ3v) is 4.75. The average Bonchev–Trinajstić information content (AvgIpc) is 2.46. The van der Waals surface area contributed by atoms with E-state index in [0.717, 1.165) is 10.0 Å². The lowest BCUT2D eigenvalue weighted by molar-refractivity contribution is 0.0681. The van der Waals surface area contributed by atoms with Crippen molar-refractivity contribution in [2.45, 2.75) is 9.07 Å². The SMILES string of the molecule is Cc1ccc(C(Br)(Br)Br)c(Br)c1.O=C(O)c1ccc(C(=O)O)cc1. The summed E-state index contributed by atoms with van der Waals surface area (Å²) >= 11 is 13.9. The van der Waals surface area contributed by atoms with Crippen LogP contribution < -0.4 is 0 Å². The normalized spacial score (nSPS) is 10.5. The monoisotopic (exact) mass is 584 g/mol. The second kappa shape index (κ2) is 9.12. The van der Waals surface area contributed by atoms with Gasteiger partial charge in [-0.15, -0.1) is 0 Å². The molecule has 2 N–H and O–H groups in total. The van der Waals surface area contributed by atoms with E-state index in [1.165, 1.54) is 29.8 Å². The van der Waals surface area contributed by atoms with Gasteiger partial charge in [0, 0.05) is 10.0 Å². The van der Waals surface area contributed by atoms with E-state index in [1.54, 1.807) is 0 Å². The first-order chi connectivity index (χ1) is 11.0. The summed E-state index contributed by atoms with van der Waals surface area (Å²) in [6, 6.07) is 11.2. The highest BCUT2D eigenvalue weighted by molar-refractivity contribution is 9.38. The molecule has 128 valence electrons. The Morgan fingerprint density at radius 2 is 1.29 bits per heavy atom. The van der Waals surface area contributed by atoms with Crippen molar-refractivity contribution in [1.29, 1.82) is 0 Å². The van der Waals surface area contributed by atoms with Gasteiger partial charge in [-0.2, -0.15) is 0 Å². The maximum absolute atomic E-state index is 10.3. The van der Waals surface area contributed by atoms with Gasteiger partial charge in [0.05, 0.1) is 11.1 Å². The molecule has 0 aliphatic heterocycles. The van der Waals surface area contributed by atoms with E-state index in [1.807, 2.05) is 0 Å². The molecule has 0 spiro atoms. The van der Waals surface area contributed by atoms with Crippen LogP contribution in [-0.4, -0.2) is 22.2 Å². The van der Waals surface area contributed by atoms with Crippen molar-refractivity contribution >= 4 is 75.7 Å². The van der Waals surface area contributed by atoms with E-state index in [9.17, 15) is 9.59 Å². The molecule has 2 aromatic carbocycles. The zero-order chi connectivity index (χ0) is 18.5. The minimum absolute atomic E-state index is 0.0833. The van der Waals surface area contributed by atoms with Crippen molar-refractivity contribution in [1.82, 2.24) is 0 Å². The topological polar surface area (TPSA) is 74.6 Å². The van der Waals surface area contributed by atoms with Gasteiger partial charge in [0.1, 0.15) is 0 Å². The van der Waals surface area contributed by atoms with Crippen LogP contribution in [0.4, 0.5) is 0 Å². The molecule has 0 unspecified atom stereocenters. The number of halogens is 4. The third kappa shape index (κ3) is 6.66. The first-order valence-electron chi connectivity index (χ1n) is 6.42. The van der Waals surface area contributed by atoms with Crippen LogP contribution in [0.25, 0.3) is 0 Å². The summed E-state index contributed by atoms with van der Waals surface area (Å²) in [6.07, 6.45) is 0. The molecule has 0 heterocycles. The molecule has 0 aliphatic rings. The summed E-state index contributed by atoms with van der Waals surface area (Å²) in [7, 11) is 0. The highest BCUT2D eigenvalue weighted by atomic mass is 80.0. The highest BCUT2D eigenvalue weighted by Gasteiger charge is 2.23. The van der Waals surface area contributed by atoms with Crippen LogP contribution in [0.3, 0.4) is 0 Å². The number of carboxylic acid groups (broad SMARTS) is 2. The Labute approximate surface area is 172 Å². The molecule has 24 heavy (non-hydrogen) atoms. The van der Waals surface area contributed by atoms with Crippen LogP contribution >= 0.6 is 63.7 Å². The highest BCUT2D eigenvalue weighted by Crippen LogP contribution is 2.47. The van der Waals surface area contributed by atoms with Gasteiger partial charge in [0.25, 0.3) is 0 Å². The minimum Gasteiger partial charge on any atom is -0.478 e. The predicted octanol–water partition coefficient (Wildman–Crippen LogP) is 6.14. The minimum atomic E-state index is -1.06. The van der Waals surface area contributed by atoms with Crippen LogP contribution in [0.2, 0.25) is 0 Å². The van der Waals surface area contributed by atoms with E-state index < -0.39 is 11.9 Å². The van der Waals surface area contributed by atoms with Gasteiger partial charge in [0.2, 0.25) is 0 Å². The summed E-state index contributed by atoms with van der Waals surface area (Å²) in [6.45, 7) is 2.06. The molecule has 2 aromatic rings. The van der Waals surface area contributed by atoms with E-state index in [4.69, 9.17) is 10.2 Å². The van der Waals surface area contributed by atoms with Gasteiger partial charge in [-0.3, -0.25) is 0 Å². The second-order valence-corrected chi connectivity index (χ2v) is 12.3. The fraction of sp³-hybridized carbons (Fsp3) is 0.125. The second-order valence-electron chi connectivity index (χ2n) is 4.67. The van der Waals surface area contributed by atoms with Crippen LogP contribution in [0.1, 0.15) is 31.8 Å². The fourth-order valence-corrected chi connectivity index (χ4v) is 4.23. The van der Waals surface area contributed by atoms with Gasteiger partial charge in [0.15, 0.2) is 2.14 Å². The number of rotatable bonds is 2. The molecule has 0 fully saturated rings. The van der Waals surface area contributed by atoms with E-state index in [2.05, 4.69) is 88.8 Å². The van der Waals surface area contributed by atoms with Gasteiger partial charge in [-0.25, -0.2) is 9.59 Å². The van der Waals surface area contributed by atoms with Gasteiger partial charge in [-0.1, -0.05) is 75.9 Å². The Morgan fingerprint density at radius 3 is 1.58 bits per heavy atom. The smallest absolute Gasteiger partial charge is 0.335 e. The van der Waals surface area contributed by atoms with Crippen molar-refractivity contribution in [3.63, 3.8) is 0 Å². The summed E-state index contributed by atoms with van der Waals surface area (Å²) in [5.41, 5.74) is 2.52. The molecular weight excluding hydrogens is 576 g/mol. The summed E-state index contributed by atoms with van der Waals surface area (Å²) in [5, 5.41) is 16.9. The Balaban J connectivity index is 0.000000240. The lowest BCUT2D eigenvalue weighted by atomic mass is 10.1. The standard InChI is InChI=1S/C8H6Br4.C8H6O4/c1-5-2-3-6(7(9)4-5)8(10,11)12;9-7(10)5-1-2-6(4-3-5)8(11)12/h2-4H,1H3;1-4H,(H,9,10)(H,11,12). The molecule has 2 rings (SSSR count). The molecule has 0 aromatic heterocycles. The summed E-state index contributed by atoms with van der Waals surface area (Å²) < 4.78 is 0.743. The Kier molecular flexibility index (Phi) is 8.11. The zero-order valence-electron chi connectivity index (χ0n) is 12.3. The first-order valence-corrected chi connectivity index (χ1v) is 9.59. The molecule has 0 saturated heterocycles. The van der Waals surface area contributed by atoms with Crippen molar-refractivity contribution in [3.05, 3.63) is 69.2 Å². The fourth-order valence-electron chi connectivity index (χ4n) is 1.61. The molecule has 0 amide bonds. The van der Waals surface area contributed by atoms with E-state index in [-0.39, 0.29) is 13.3 Å². The Hall–Kier alpha value is -0.700. The molecule has 4 nitrogen and oxygen atoms in total. The molecule has 0 aliphatic carbocycles. The number of alkyl halides is 3. The van der Waals surface area contributed by atoms with Crippen molar-refractivity contribution in [3.8, 4) is 0 Å². The van der Waals surface area contributed by atoms with Crippen molar-refractivity contribution in [2.24, 2.45) is 0 Å².